The number of ketones is 1. The summed E-state index contributed by atoms with van der Waals surface area (Å²) in [6.07, 6.45) is 0.653. The molecule has 0 unspecified atom stereocenters. The first-order chi connectivity index (χ1) is 13.9. The average molecular weight is 414 g/mol. The van der Waals surface area contributed by atoms with E-state index in [0.29, 0.717) is 35.7 Å². The first-order valence-corrected chi connectivity index (χ1v) is 9.99. The van der Waals surface area contributed by atoms with Crippen molar-refractivity contribution in [1.29, 1.82) is 0 Å². The number of likely N-dealkylation sites (tertiary alicyclic amines) is 1. The highest BCUT2D eigenvalue weighted by Crippen LogP contribution is 2.41. The molecule has 1 N–H and O–H groups in total. The van der Waals surface area contributed by atoms with Crippen molar-refractivity contribution in [3.8, 4) is 0 Å². The third-order valence-corrected chi connectivity index (χ3v) is 5.13. The Morgan fingerprint density at radius 2 is 1.76 bits per heavy atom. The lowest BCUT2D eigenvalue weighted by Crippen LogP contribution is -2.31. The van der Waals surface area contributed by atoms with Gasteiger partial charge in [-0.05, 0) is 31.9 Å². The quantitative estimate of drug-likeness (QED) is 0.312. The van der Waals surface area contributed by atoms with Crippen LogP contribution in [0.25, 0.3) is 5.76 Å². The van der Waals surface area contributed by atoms with Gasteiger partial charge in [0.05, 0.1) is 17.7 Å². The van der Waals surface area contributed by atoms with Crippen LogP contribution in [0.15, 0.2) is 60.2 Å². The number of Topliss-reactive ketones (excluding diaryl/α,β-unsaturated/α-hetero) is 1. The summed E-state index contributed by atoms with van der Waals surface area (Å²) in [6, 6.07) is 15.1. The fraction of sp³-hybridized carbons (Fsp3) is 0.304. The predicted molar refractivity (Wildman–Crippen MR) is 113 cm³/mol. The number of amides is 1. The largest absolute Gasteiger partial charge is 0.507 e. The van der Waals surface area contributed by atoms with Crippen molar-refractivity contribution in [2.45, 2.75) is 32.4 Å². The number of aliphatic hydroxyl groups excluding tert-OH is 1. The lowest BCUT2D eigenvalue weighted by molar-refractivity contribution is -0.140. The van der Waals surface area contributed by atoms with E-state index in [4.69, 9.17) is 16.3 Å². The summed E-state index contributed by atoms with van der Waals surface area (Å²) in [7, 11) is 0. The van der Waals surface area contributed by atoms with Gasteiger partial charge >= 0.3 is 0 Å². The van der Waals surface area contributed by atoms with Crippen LogP contribution in [-0.4, -0.2) is 41.0 Å². The minimum Gasteiger partial charge on any atom is -0.507 e. The number of carbonyl (C=O) groups excluding carboxylic acids is 2. The van der Waals surface area contributed by atoms with Gasteiger partial charge < -0.3 is 14.7 Å². The van der Waals surface area contributed by atoms with Gasteiger partial charge in [-0.25, -0.2) is 0 Å². The number of hydrogen-bond donors (Lipinski definition) is 1. The van der Waals surface area contributed by atoms with Crippen LogP contribution in [0.2, 0.25) is 5.02 Å². The molecule has 29 heavy (non-hydrogen) atoms. The Morgan fingerprint density at radius 3 is 2.41 bits per heavy atom. The lowest BCUT2D eigenvalue weighted by atomic mass is 9.95. The first kappa shape index (κ1) is 21.1. The highest BCUT2D eigenvalue weighted by molar-refractivity contribution is 6.47. The average Bonchev–Trinajstić information content (AvgIpc) is 2.96. The Morgan fingerprint density at radius 1 is 1.10 bits per heavy atom. The van der Waals surface area contributed by atoms with Gasteiger partial charge in [0.1, 0.15) is 5.76 Å². The summed E-state index contributed by atoms with van der Waals surface area (Å²) in [5.74, 6) is -1.55. The molecule has 0 aliphatic carbocycles. The van der Waals surface area contributed by atoms with Crippen molar-refractivity contribution < 1.29 is 19.4 Å². The predicted octanol–water partition coefficient (Wildman–Crippen LogP) is 4.58. The first-order valence-electron chi connectivity index (χ1n) is 9.61. The Balaban J connectivity index is 2.04. The van der Waals surface area contributed by atoms with Crippen LogP contribution in [0.3, 0.4) is 0 Å². The molecule has 152 valence electrons. The second kappa shape index (κ2) is 9.25. The molecule has 1 amide bonds. The van der Waals surface area contributed by atoms with Crippen molar-refractivity contribution in [2.24, 2.45) is 0 Å². The zero-order chi connectivity index (χ0) is 21.0. The van der Waals surface area contributed by atoms with E-state index in [9.17, 15) is 14.7 Å². The maximum atomic E-state index is 12.9. The molecule has 2 aromatic carbocycles. The molecule has 0 radical (unpaired) electrons. The molecular weight excluding hydrogens is 390 g/mol. The van der Waals surface area contributed by atoms with Gasteiger partial charge in [-0.2, -0.15) is 0 Å². The van der Waals surface area contributed by atoms with Crippen molar-refractivity contribution >= 4 is 29.1 Å². The molecule has 0 bridgehead atoms. The molecule has 1 atom stereocenters. The molecule has 3 rings (SSSR count). The van der Waals surface area contributed by atoms with Crippen molar-refractivity contribution in [1.82, 2.24) is 4.90 Å². The highest BCUT2D eigenvalue weighted by atomic mass is 35.5. The summed E-state index contributed by atoms with van der Waals surface area (Å²) in [5, 5.41) is 11.3. The van der Waals surface area contributed by atoms with E-state index in [0.717, 1.165) is 0 Å². The van der Waals surface area contributed by atoms with Crippen LogP contribution in [0.5, 0.6) is 0 Å². The third-order valence-electron chi connectivity index (χ3n) is 4.78. The molecule has 1 aliphatic rings. The Kier molecular flexibility index (Phi) is 6.72. The minimum atomic E-state index is -0.747. The van der Waals surface area contributed by atoms with E-state index in [2.05, 4.69) is 0 Å². The van der Waals surface area contributed by atoms with Crippen LogP contribution in [0.4, 0.5) is 0 Å². The highest BCUT2D eigenvalue weighted by Gasteiger charge is 2.46. The van der Waals surface area contributed by atoms with E-state index >= 15 is 0 Å². The molecule has 0 aromatic heterocycles. The van der Waals surface area contributed by atoms with Gasteiger partial charge in [0.2, 0.25) is 0 Å². The van der Waals surface area contributed by atoms with E-state index in [1.807, 2.05) is 19.9 Å². The van der Waals surface area contributed by atoms with E-state index in [1.165, 1.54) is 4.90 Å². The van der Waals surface area contributed by atoms with E-state index in [-0.39, 0.29) is 17.4 Å². The molecule has 1 saturated heterocycles. The summed E-state index contributed by atoms with van der Waals surface area (Å²) < 4.78 is 5.56. The summed E-state index contributed by atoms with van der Waals surface area (Å²) in [4.78, 5) is 27.2. The molecule has 5 nitrogen and oxygen atoms in total. The minimum absolute atomic E-state index is 0.0547. The molecule has 2 aromatic rings. The van der Waals surface area contributed by atoms with Crippen LogP contribution in [-0.2, 0) is 14.3 Å². The van der Waals surface area contributed by atoms with E-state index in [1.54, 1.807) is 48.5 Å². The molecule has 1 fully saturated rings. The van der Waals surface area contributed by atoms with Crippen molar-refractivity contribution in [3.63, 3.8) is 0 Å². The number of carbonyl (C=O) groups is 2. The van der Waals surface area contributed by atoms with Gasteiger partial charge in [-0.3, -0.25) is 9.59 Å². The number of hydrogen-bond acceptors (Lipinski definition) is 4. The second-order valence-corrected chi connectivity index (χ2v) is 7.56. The number of nitrogens with zero attached hydrogens (tertiary/aromatic N) is 1. The van der Waals surface area contributed by atoms with E-state index < -0.39 is 17.7 Å². The normalized spacial score (nSPS) is 18.6. The second-order valence-electron chi connectivity index (χ2n) is 7.15. The van der Waals surface area contributed by atoms with Crippen LogP contribution >= 0.6 is 11.6 Å². The van der Waals surface area contributed by atoms with Crippen LogP contribution in [0, 0.1) is 0 Å². The molecule has 1 heterocycles. The number of rotatable bonds is 7. The molecule has 1 aliphatic heterocycles. The van der Waals surface area contributed by atoms with Gasteiger partial charge in [-0.15, -0.1) is 0 Å². The molecule has 6 heteroatoms. The SMILES string of the molecule is CC(C)OCCCN1C(=O)C(=O)C(=C(O)c2ccccc2)[C@@H]1c1ccccc1Cl. The number of benzene rings is 2. The zero-order valence-electron chi connectivity index (χ0n) is 16.5. The Hall–Kier alpha value is -2.63. The van der Waals surface area contributed by atoms with Gasteiger partial charge in [0.15, 0.2) is 0 Å². The summed E-state index contributed by atoms with van der Waals surface area (Å²) >= 11 is 6.41. The van der Waals surface area contributed by atoms with Crippen molar-refractivity contribution in [3.05, 3.63) is 76.3 Å². The standard InChI is InChI=1S/C23H24ClNO4/c1-15(2)29-14-8-13-25-20(17-11-6-7-12-18(17)24)19(22(27)23(25)28)21(26)16-9-4-3-5-10-16/h3-7,9-12,15,20,26H,8,13-14H2,1-2H3/t20-/m0/s1. The molecule has 0 spiro atoms. The van der Waals surface area contributed by atoms with Crippen molar-refractivity contribution in [2.75, 3.05) is 13.2 Å². The van der Waals surface area contributed by atoms with Gasteiger partial charge in [0, 0.05) is 23.7 Å². The van der Waals surface area contributed by atoms with Gasteiger partial charge in [-0.1, -0.05) is 60.1 Å². The molecule has 0 saturated carbocycles. The Labute approximate surface area is 175 Å². The topological polar surface area (TPSA) is 66.8 Å². The van der Waals surface area contributed by atoms with Crippen LogP contribution < -0.4 is 0 Å². The third kappa shape index (κ3) is 4.52. The zero-order valence-corrected chi connectivity index (χ0v) is 17.2. The maximum Gasteiger partial charge on any atom is 0.295 e. The monoisotopic (exact) mass is 413 g/mol. The van der Waals surface area contributed by atoms with Crippen LogP contribution in [0.1, 0.15) is 37.4 Å². The number of halogens is 1. The Bertz CT molecular complexity index is 923. The fourth-order valence-corrected chi connectivity index (χ4v) is 3.68. The summed E-state index contributed by atoms with van der Waals surface area (Å²) in [6.45, 7) is 4.67. The number of aliphatic hydroxyl groups is 1. The maximum absolute atomic E-state index is 12.9. The smallest absolute Gasteiger partial charge is 0.295 e. The summed E-state index contributed by atoms with van der Waals surface area (Å²) in [5.41, 5.74) is 1.14. The fourth-order valence-electron chi connectivity index (χ4n) is 3.44. The molecular formula is C23H24ClNO4. The number of ether oxygens (including phenoxy) is 1. The van der Waals surface area contributed by atoms with Gasteiger partial charge in [0.25, 0.3) is 11.7 Å². The lowest BCUT2D eigenvalue weighted by Gasteiger charge is -2.26.